The van der Waals surface area contributed by atoms with Gasteiger partial charge in [0, 0.05) is 19.6 Å². The molecule has 7 heteroatoms. The Bertz CT molecular complexity index is 374. The lowest BCUT2D eigenvalue weighted by molar-refractivity contribution is -0.150. The molecule has 2 fully saturated rings. The summed E-state index contributed by atoms with van der Waals surface area (Å²) in [5, 5.41) is 11.8. The molecule has 2 N–H and O–H groups in total. The van der Waals surface area contributed by atoms with E-state index in [0.717, 1.165) is 25.9 Å². The molecular formula is C14H23NO6. The highest BCUT2D eigenvalue weighted by molar-refractivity contribution is 5.89. The highest BCUT2D eigenvalue weighted by Crippen LogP contribution is 2.19. The molecule has 2 aliphatic rings. The van der Waals surface area contributed by atoms with Gasteiger partial charge in [0.2, 0.25) is 5.91 Å². The fourth-order valence-electron chi connectivity index (χ4n) is 2.49. The maximum Gasteiger partial charge on any atom is 0.331 e. The number of aliphatic carboxylic acids is 1. The Morgan fingerprint density at radius 3 is 2.81 bits per heavy atom. The molecule has 3 atom stereocenters. The third kappa shape index (κ3) is 4.15. The van der Waals surface area contributed by atoms with E-state index in [2.05, 4.69) is 5.32 Å². The molecule has 0 spiro atoms. The van der Waals surface area contributed by atoms with Gasteiger partial charge in [-0.2, -0.15) is 0 Å². The van der Waals surface area contributed by atoms with Crippen LogP contribution in [-0.2, 0) is 23.8 Å². The summed E-state index contributed by atoms with van der Waals surface area (Å²) in [6.07, 6.45) is 2.68. The van der Waals surface area contributed by atoms with Gasteiger partial charge in [-0.05, 0) is 26.2 Å². The van der Waals surface area contributed by atoms with Crippen molar-refractivity contribution in [3.05, 3.63) is 0 Å². The molecule has 21 heavy (non-hydrogen) atoms. The SMILES string of the molecule is CC(OCC1CCCCO1)C(=O)NC1(C(=O)O)CCOC1. The minimum absolute atomic E-state index is 0.00741. The molecule has 2 rings (SSSR count). The summed E-state index contributed by atoms with van der Waals surface area (Å²) in [6.45, 7) is 3.02. The Balaban J connectivity index is 1.80. The van der Waals surface area contributed by atoms with Crippen molar-refractivity contribution in [1.29, 1.82) is 0 Å². The van der Waals surface area contributed by atoms with Crippen molar-refractivity contribution >= 4 is 11.9 Å². The first-order valence-electron chi connectivity index (χ1n) is 7.40. The van der Waals surface area contributed by atoms with Gasteiger partial charge in [-0.3, -0.25) is 4.79 Å². The number of carboxylic acids is 1. The summed E-state index contributed by atoms with van der Waals surface area (Å²) < 4.78 is 16.1. The highest BCUT2D eigenvalue weighted by Gasteiger charge is 2.44. The lowest BCUT2D eigenvalue weighted by Gasteiger charge is -2.27. The van der Waals surface area contributed by atoms with Gasteiger partial charge in [-0.1, -0.05) is 0 Å². The molecule has 2 heterocycles. The van der Waals surface area contributed by atoms with Crippen LogP contribution in [-0.4, -0.2) is 61.2 Å². The van der Waals surface area contributed by atoms with Crippen LogP contribution >= 0.6 is 0 Å². The lowest BCUT2D eigenvalue weighted by Crippen LogP contribution is -2.57. The molecule has 7 nitrogen and oxygen atoms in total. The van der Waals surface area contributed by atoms with E-state index in [4.69, 9.17) is 14.2 Å². The highest BCUT2D eigenvalue weighted by atomic mass is 16.5. The van der Waals surface area contributed by atoms with E-state index in [0.29, 0.717) is 13.2 Å². The molecule has 0 saturated carbocycles. The van der Waals surface area contributed by atoms with Gasteiger partial charge in [0.25, 0.3) is 0 Å². The standard InChI is InChI=1S/C14H23NO6/c1-10(21-8-11-4-2-3-6-20-11)12(16)15-14(13(17)18)5-7-19-9-14/h10-11H,2-9H2,1H3,(H,15,16)(H,17,18). The minimum atomic E-state index is -1.32. The number of carbonyl (C=O) groups is 2. The van der Waals surface area contributed by atoms with E-state index in [1.54, 1.807) is 6.92 Å². The number of nitrogens with one attached hydrogen (secondary N) is 1. The quantitative estimate of drug-likeness (QED) is 0.734. The van der Waals surface area contributed by atoms with E-state index in [1.165, 1.54) is 0 Å². The van der Waals surface area contributed by atoms with E-state index in [9.17, 15) is 14.7 Å². The van der Waals surface area contributed by atoms with E-state index in [-0.39, 0.29) is 19.1 Å². The molecule has 3 unspecified atom stereocenters. The smallest absolute Gasteiger partial charge is 0.331 e. The monoisotopic (exact) mass is 301 g/mol. The van der Waals surface area contributed by atoms with Gasteiger partial charge in [-0.15, -0.1) is 0 Å². The molecule has 2 aliphatic heterocycles. The summed E-state index contributed by atoms with van der Waals surface area (Å²) in [7, 11) is 0. The summed E-state index contributed by atoms with van der Waals surface area (Å²) in [5.74, 6) is -1.50. The first kappa shape index (κ1) is 16.2. The molecule has 0 radical (unpaired) electrons. The molecule has 0 aromatic rings. The van der Waals surface area contributed by atoms with Crippen molar-refractivity contribution in [2.75, 3.05) is 26.4 Å². The number of carboxylic acid groups (broad SMARTS) is 1. The third-order valence-corrected chi connectivity index (χ3v) is 3.97. The van der Waals surface area contributed by atoms with Crippen molar-refractivity contribution in [2.24, 2.45) is 0 Å². The molecule has 120 valence electrons. The zero-order chi connectivity index (χ0) is 15.3. The second-order valence-electron chi connectivity index (χ2n) is 5.64. The fraction of sp³-hybridized carbons (Fsp3) is 0.857. The second kappa shape index (κ2) is 7.20. The number of carbonyl (C=O) groups excluding carboxylic acids is 1. The maximum atomic E-state index is 12.1. The maximum absolute atomic E-state index is 12.1. The zero-order valence-electron chi connectivity index (χ0n) is 12.3. The van der Waals surface area contributed by atoms with Crippen LogP contribution in [0.4, 0.5) is 0 Å². The molecule has 0 aromatic heterocycles. The number of amides is 1. The van der Waals surface area contributed by atoms with Crippen molar-refractivity contribution in [1.82, 2.24) is 5.32 Å². The third-order valence-electron chi connectivity index (χ3n) is 3.97. The van der Waals surface area contributed by atoms with E-state index < -0.39 is 23.5 Å². The van der Waals surface area contributed by atoms with Gasteiger partial charge < -0.3 is 24.6 Å². The van der Waals surface area contributed by atoms with Gasteiger partial charge in [0.05, 0.1) is 19.3 Å². The van der Waals surface area contributed by atoms with Crippen molar-refractivity contribution in [3.63, 3.8) is 0 Å². The first-order chi connectivity index (χ1) is 10.0. The van der Waals surface area contributed by atoms with Crippen LogP contribution in [0.25, 0.3) is 0 Å². The number of hydrogen-bond donors (Lipinski definition) is 2. The number of hydrogen-bond acceptors (Lipinski definition) is 5. The lowest BCUT2D eigenvalue weighted by atomic mass is 9.98. The molecule has 2 saturated heterocycles. The Kier molecular flexibility index (Phi) is 5.55. The molecular weight excluding hydrogens is 278 g/mol. The Hall–Kier alpha value is -1.18. The minimum Gasteiger partial charge on any atom is -0.479 e. The average Bonchev–Trinajstić information content (AvgIpc) is 2.95. The van der Waals surface area contributed by atoms with E-state index >= 15 is 0 Å². The van der Waals surface area contributed by atoms with Crippen LogP contribution in [0, 0.1) is 0 Å². The van der Waals surface area contributed by atoms with Gasteiger partial charge in [-0.25, -0.2) is 4.79 Å². The van der Waals surface area contributed by atoms with Crippen LogP contribution in [0.15, 0.2) is 0 Å². The molecule has 0 aliphatic carbocycles. The topological polar surface area (TPSA) is 94.1 Å². The summed E-state index contributed by atoms with van der Waals surface area (Å²) in [4.78, 5) is 23.4. The van der Waals surface area contributed by atoms with Crippen LogP contribution in [0.3, 0.4) is 0 Å². The van der Waals surface area contributed by atoms with Crippen molar-refractivity contribution in [3.8, 4) is 0 Å². The molecule has 0 aromatic carbocycles. The van der Waals surface area contributed by atoms with Crippen LogP contribution < -0.4 is 5.32 Å². The fourth-order valence-corrected chi connectivity index (χ4v) is 2.49. The average molecular weight is 301 g/mol. The summed E-state index contributed by atoms with van der Waals surface area (Å²) in [5.41, 5.74) is -1.32. The van der Waals surface area contributed by atoms with Gasteiger partial charge in [0.1, 0.15) is 6.10 Å². The van der Waals surface area contributed by atoms with Crippen molar-refractivity contribution in [2.45, 2.75) is 50.4 Å². The van der Waals surface area contributed by atoms with Crippen LogP contribution in [0.2, 0.25) is 0 Å². The predicted octanol–water partition coefficient (Wildman–Crippen LogP) is 0.321. The van der Waals surface area contributed by atoms with Gasteiger partial charge in [0.15, 0.2) is 5.54 Å². The van der Waals surface area contributed by atoms with E-state index in [1.807, 2.05) is 0 Å². The summed E-state index contributed by atoms with van der Waals surface area (Å²) >= 11 is 0. The van der Waals surface area contributed by atoms with Crippen LogP contribution in [0.1, 0.15) is 32.6 Å². The Morgan fingerprint density at radius 1 is 1.43 bits per heavy atom. The normalized spacial score (nSPS) is 30.8. The zero-order valence-corrected chi connectivity index (χ0v) is 12.3. The predicted molar refractivity (Wildman–Crippen MR) is 73.0 cm³/mol. The Labute approximate surface area is 123 Å². The van der Waals surface area contributed by atoms with Crippen molar-refractivity contribution < 1.29 is 28.9 Å². The van der Waals surface area contributed by atoms with Gasteiger partial charge >= 0.3 is 5.97 Å². The molecule has 0 bridgehead atoms. The summed E-state index contributed by atoms with van der Waals surface area (Å²) in [6, 6.07) is 0. The van der Waals surface area contributed by atoms with Crippen LogP contribution in [0.5, 0.6) is 0 Å². The first-order valence-corrected chi connectivity index (χ1v) is 7.40. The Morgan fingerprint density at radius 2 is 2.24 bits per heavy atom. The second-order valence-corrected chi connectivity index (χ2v) is 5.64. The number of rotatable bonds is 6. The molecule has 1 amide bonds. The largest absolute Gasteiger partial charge is 0.479 e. The number of ether oxygens (including phenoxy) is 3.